The Bertz CT molecular complexity index is 1790. The maximum absolute atomic E-state index is 13.5. The van der Waals surface area contributed by atoms with Crippen molar-refractivity contribution in [2.45, 2.75) is 57.3 Å². The molecular weight excluding hydrogens is 602 g/mol. The highest BCUT2D eigenvalue weighted by Crippen LogP contribution is 2.33. The summed E-state index contributed by atoms with van der Waals surface area (Å²) in [6.45, 7) is 9.13. The Labute approximate surface area is 271 Å². The predicted octanol–water partition coefficient (Wildman–Crippen LogP) is 6.78. The average Bonchev–Trinajstić information content (AvgIpc) is 3.45. The molecule has 2 amide bonds. The zero-order valence-corrected chi connectivity index (χ0v) is 28.1. The molecule has 1 aliphatic heterocycles. The number of anilines is 2. The minimum atomic E-state index is -3.74. The molecule has 0 unspecified atom stereocenters. The second kappa shape index (κ2) is 13.6. The number of methoxy groups -OCH3 is 2. The Balaban J connectivity index is 1.22. The molecule has 3 aromatic carbocycles. The average molecular weight is 646 g/mol. The van der Waals surface area contributed by atoms with Crippen LogP contribution in [0.1, 0.15) is 50.4 Å². The second-order valence-corrected chi connectivity index (χ2v) is 14.7. The fourth-order valence-corrected chi connectivity index (χ4v) is 7.23. The highest BCUT2D eigenvalue weighted by Gasteiger charge is 2.32. The van der Waals surface area contributed by atoms with Crippen molar-refractivity contribution in [1.82, 2.24) is 14.1 Å². The van der Waals surface area contributed by atoms with Crippen LogP contribution in [0.4, 0.5) is 16.3 Å². The van der Waals surface area contributed by atoms with Gasteiger partial charge in [0, 0.05) is 36.3 Å². The molecule has 2 heterocycles. The number of sulfonamides is 1. The second-order valence-electron chi connectivity index (χ2n) is 12.8. The van der Waals surface area contributed by atoms with E-state index in [1.807, 2.05) is 61.5 Å². The van der Waals surface area contributed by atoms with E-state index in [0.717, 1.165) is 41.8 Å². The normalized spacial score (nSPS) is 14.6. The van der Waals surface area contributed by atoms with Crippen molar-refractivity contribution in [3.63, 3.8) is 0 Å². The van der Waals surface area contributed by atoms with Gasteiger partial charge in [-0.05, 0) is 74.1 Å². The molecule has 0 saturated carbocycles. The SMILES string of the molecule is COc1ccc(OC)c(S(=O)(=O)N2CCC(Cc3cccc(NC(=O)Nc4cc(C(C)(C)C)nn4-c4ccc(C)cc4)c3)CC2)c1. The zero-order valence-electron chi connectivity index (χ0n) is 27.3. The van der Waals surface area contributed by atoms with E-state index in [-0.39, 0.29) is 16.3 Å². The number of benzene rings is 3. The molecular formula is C35H43N5O5S. The molecule has 5 rings (SSSR count). The first-order chi connectivity index (χ1) is 21.9. The van der Waals surface area contributed by atoms with E-state index < -0.39 is 10.0 Å². The van der Waals surface area contributed by atoms with Crippen LogP contribution in [-0.4, -0.2) is 55.8 Å². The topological polar surface area (TPSA) is 115 Å². The van der Waals surface area contributed by atoms with Gasteiger partial charge in [-0.1, -0.05) is 50.6 Å². The smallest absolute Gasteiger partial charge is 0.324 e. The van der Waals surface area contributed by atoms with Crippen molar-refractivity contribution >= 4 is 27.6 Å². The standard InChI is InChI=1S/C35H43N5O5S/c1-24-10-12-28(13-11-24)40-33(23-32(38-40)35(2,3)4)37-34(41)36-27-9-7-8-26(21-27)20-25-16-18-39(19-17-25)46(42,43)31-22-29(44-5)14-15-30(31)45-6/h7-15,21-23,25H,16-20H2,1-6H3,(H2,36,37,41). The first kappa shape index (κ1) is 33.0. The maximum Gasteiger partial charge on any atom is 0.324 e. The van der Waals surface area contributed by atoms with Gasteiger partial charge in [-0.15, -0.1) is 0 Å². The molecule has 244 valence electrons. The lowest BCUT2D eigenvalue weighted by atomic mass is 9.91. The first-order valence-corrected chi connectivity index (χ1v) is 16.9. The van der Waals surface area contributed by atoms with Crippen molar-refractivity contribution in [1.29, 1.82) is 0 Å². The van der Waals surface area contributed by atoms with Crippen LogP contribution < -0.4 is 20.1 Å². The number of hydrogen-bond acceptors (Lipinski definition) is 6. The van der Waals surface area contributed by atoms with Gasteiger partial charge in [-0.3, -0.25) is 5.32 Å². The van der Waals surface area contributed by atoms with Gasteiger partial charge in [0.25, 0.3) is 0 Å². The third kappa shape index (κ3) is 7.54. The Kier molecular flexibility index (Phi) is 9.74. The van der Waals surface area contributed by atoms with Crippen molar-refractivity contribution in [2.24, 2.45) is 5.92 Å². The van der Waals surface area contributed by atoms with Crippen molar-refractivity contribution in [3.05, 3.63) is 89.6 Å². The van der Waals surface area contributed by atoms with Crippen molar-refractivity contribution in [2.75, 3.05) is 37.9 Å². The molecule has 1 aliphatic rings. The molecule has 4 aromatic rings. The number of carbonyl (C=O) groups is 1. The van der Waals surface area contributed by atoms with Crippen LogP contribution in [0.15, 0.2) is 77.7 Å². The molecule has 2 N–H and O–H groups in total. The third-order valence-electron chi connectivity index (χ3n) is 8.27. The van der Waals surface area contributed by atoms with Crippen LogP contribution in [0.3, 0.4) is 0 Å². The molecule has 1 saturated heterocycles. The van der Waals surface area contributed by atoms with Crippen LogP contribution in [0.25, 0.3) is 5.69 Å². The summed E-state index contributed by atoms with van der Waals surface area (Å²) < 4.78 is 40.8. The number of nitrogens with zero attached hydrogens (tertiary/aromatic N) is 3. The van der Waals surface area contributed by atoms with Gasteiger partial charge >= 0.3 is 6.03 Å². The number of rotatable bonds is 9. The minimum absolute atomic E-state index is 0.112. The molecule has 10 nitrogen and oxygen atoms in total. The molecule has 0 bridgehead atoms. The van der Waals surface area contributed by atoms with E-state index in [4.69, 9.17) is 14.6 Å². The zero-order chi connectivity index (χ0) is 33.1. The summed E-state index contributed by atoms with van der Waals surface area (Å²) in [6, 6.07) is 22.1. The number of urea groups is 1. The Hall–Kier alpha value is -4.35. The summed E-state index contributed by atoms with van der Waals surface area (Å²) >= 11 is 0. The summed E-state index contributed by atoms with van der Waals surface area (Å²) in [5.41, 5.74) is 4.43. The van der Waals surface area contributed by atoms with Crippen LogP contribution in [0.2, 0.25) is 0 Å². The maximum atomic E-state index is 13.5. The molecule has 46 heavy (non-hydrogen) atoms. The van der Waals surface area contributed by atoms with E-state index in [9.17, 15) is 13.2 Å². The van der Waals surface area contributed by atoms with Crippen LogP contribution in [0.5, 0.6) is 11.5 Å². The number of piperidine rings is 1. The van der Waals surface area contributed by atoms with Crippen molar-refractivity contribution < 1.29 is 22.7 Å². The molecule has 11 heteroatoms. The van der Waals surface area contributed by atoms with Gasteiger partial charge < -0.3 is 14.8 Å². The number of aromatic nitrogens is 2. The molecule has 0 aliphatic carbocycles. The molecule has 0 spiro atoms. The summed E-state index contributed by atoms with van der Waals surface area (Å²) in [4.78, 5) is 13.3. The lowest BCUT2D eigenvalue weighted by Gasteiger charge is -2.31. The predicted molar refractivity (Wildman–Crippen MR) is 181 cm³/mol. The Morgan fingerprint density at radius 2 is 1.65 bits per heavy atom. The monoisotopic (exact) mass is 645 g/mol. The lowest BCUT2D eigenvalue weighted by molar-refractivity contribution is 0.262. The fourth-order valence-electron chi connectivity index (χ4n) is 5.59. The molecule has 1 fully saturated rings. The summed E-state index contributed by atoms with van der Waals surface area (Å²) in [6.07, 6.45) is 2.23. The number of nitrogens with one attached hydrogen (secondary N) is 2. The first-order valence-electron chi connectivity index (χ1n) is 15.4. The van der Waals surface area contributed by atoms with Gasteiger partial charge in [0.15, 0.2) is 0 Å². The fraction of sp³-hybridized carbons (Fsp3) is 0.371. The van der Waals surface area contributed by atoms with Gasteiger partial charge in [0.1, 0.15) is 22.2 Å². The van der Waals surface area contributed by atoms with E-state index in [1.165, 1.54) is 24.6 Å². The van der Waals surface area contributed by atoms with Crippen LogP contribution >= 0.6 is 0 Å². The van der Waals surface area contributed by atoms with E-state index in [2.05, 4.69) is 31.4 Å². The number of ether oxygens (including phenoxy) is 2. The minimum Gasteiger partial charge on any atom is -0.497 e. The Morgan fingerprint density at radius 1 is 0.935 bits per heavy atom. The van der Waals surface area contributed by atoms with Gasteiger partial charge in [0.2, 0.25) is 10.0 Å². The number of aryl methyl sites for hydroxylation is 1. The summed E-state index contributed by atoms with van der Waals surface area (Å²) in [5, 5.41) is 10.7. The molecule has 0 radical (unpaired) electrons. The largest absolute Gasteiger partial charge is 0.497 e. The highest BCUT2D eigenvalue weighted by molar-refractivity contribution is 7.89. The van der Waals surface area contributed by atoms with E-state index in [0.29, 0.717) is 42.0 Å². The van der Waals surface area contributed by atoms with E-state index >= 15 is 0 Å². The third-order valence-corrected chi connectivity index (χ3v) is 10.2. The van der Waals surface area contributed by atoms with Crippen LogP contribution in [0, 0.1) is 12.8 Å². The highest BCUT2D eigenvalue weighted by atomic mass is 32.2. The summed E-state index contributed by atoms with van der Waals surface area (Å²) in [5.74, 6) is 1.65. The number of carbonyl (C=O) groups excluding carboxylic acids is 1. The quantitative estimate of drug-likeness (QED) is 0.207. The molecule has 1 aromatic heterocycles. The molecule has 0 atom stereocenters. The summed E-state index contributed by atoms with van der Waals surface area (Å²) in [7, 11) is -0.775. The van der Waals surface area contributed by atoms with Crippen molar-refractivity contribution in [3.8, 4) is 17.2 Å². The number of hydrogen-bond donors (Lipinski definition) is 2. The van der Waals surface area contributed by atoms with Crippen LogP contribution in [-0.2, 0) is 21.9 Å². The lowest BCUT2D eigenvalue weighted by Crippen LogP contribution is -2.39. The van der Waals surface area contributed by atoms with Gasteiger partial charge in [-0.2, -0.15) is 9.40 Å². The van der Waals surface area contributed by atoms with E-state index in [1.54, 1.807) is 16.8 Å². The van der Waals surface area contributed by atoms with Gasteiger partial charge in [0.05, 0.1) is 25.6 Å². The number of amides is 2. The Morgan fingerprint density at radius 3 is 2.30 bits per heavy atom. The van der Waals surface area contributed by atoms with Gasteiger partial charge in [-0.25, -0.2) is 17.9 Å².